The lowest BCUT2D eigenvalue weighted by Crippen LogP contribution is -2.48. The van der Waals surface area contributed by atoms with Crippen LogP contribution in [0, 0.1) is 13.3 Å². The fourth-order valence-electron chi connectivity index (χ4n) is 4.48. The van der Waals surface area contributed by atoms with E-state index in [1.54, 1.807) is 6.42 Å². The summed E-state index contributed by atoms with van der Waals surface area (Å²) in [6.45, 7) is 6.08. The van der Waals surface area contributed by atoms with Crippen molar-refractivity contribution in [2.75, 3.05) is 26.2 Å². The summed E-state index contributed by atoms with van der Waals surface area (Å²) in [5.41, 5.74) is 3.23. The van der Waals surface area contributed by atoms with Gasteiger partial charge in [0, 0.05) is 19.1 Å². The number of likely N-dealkylation sites (tertiary alicyclic amines) is 2. The number of aromatic nitrogens is 1. The topological polar surface area (TPSA) is 69.6 Å². The standard InChI is InChI=1S/C21H28N3O3/c1-15-13-16(14-18-20(15)22-21(26)27-18)5-6-19(25)24-11-7-17(8-12-24)23-9-3-2-4-10-23/h6,13-14,17H,2-5,7-12H2,1H3,(H,22,26). The van der Waals surface area contributed by atoms with Crippen LogP contribution in [-0.2, 0) is 11.2 Å². The zero-order chi connectivity index (χ0) is 18.8. The first-order valence-electron chi connectivity index (χ1n) is 10.1. The van der Waals surface area contributed by atoms with Crippen molar-refractivity contribution in [1.29, 1.82) is 0 Å². The summed E-state index contributed by atoms with van der Waals surface area (Å²) < 4.78 is 5.16. The molecule has 0 unspecified atom stereocenters. The van der Waals surface area contributed by atoms with Crippen molar-refractivity contribution in [2.45, 2.75) is 51.5 Å². The van der Waals surface area contributed by atoms with Crippen LogP contribution in [0.5, 0.6) is 0 Å². The molecule has 3 heterocycles. The van der Waals surface area contributed by atoms with E-state index in [0.717, 1.165) is 42.6 Å². The minimum Gasteiger partial charge on any atom is -0.408 e. The number of aromatic amines is 1. The van der Waals surface area contributed by atoms with Crippen molar-refractivity contribution < 1.29 is 9.21 Å². The smallest absolute Gasteiger partial charge is 0.408 e. The summed E-state index contributed by atoms with van der Waals surface area (Å²) in [6, 6.07) is 4.49. The van der Waals surface area contributed by atoms with E-state index < -0.39 is 5.76 Å². The molecule has 27 heavy (non-hydrogen) atoms. The second kappa shape index (κ2) is 7.89. The van der Waals surface area contributed by atoms with E-state index >= 15 is 0 Å². The molecule has 0 saturated carbocycles. The molecule has 4 rings (SSSR count). The van der Waals surface area contributed by atoms with Crippen LogP contribution in [0.3, 0.4) is 0 Å². The van der Waals surface area contributed by atoms with Gasteiger partial charge < -0.3 is 14.2 Å². The fraction of sp³-hybridized carbons (Fsp3) is 0.571. The van der Waals surface area contributed by atoms with Gasteiger partial charge in [-0.1, -0.05) is 12.5 Å². The van der Waals surface area contributed by atoms with E-state index in [1.807, 2.05) is 24.0 Å². The highest BCUT2D eigenvalue weighted by Crippen LogP contribution is 2.22. The number of benzene rings is 1. The molecule has 2 saturated heterocycles. The molecule has 0 aliphatic carbocycles. The van der Waals surface area contributed by atoms with Crippen LogP contribution in [0.4, 0.5) is 0 Å². The van der Waals surface area contributed by atoms with Gasteiger partial charge in [0.2, 0.25) is 5.91 Å². The largest absolute Gasteiger partial charge is 0.417 e. The first-order chi connectivity index (χ1) is 13.1. The molecule has 2 aliphatic heterocycles. The number of rotatable bonds is 4. The number of hydrogen-bond acceptors (Lipinski definition) is 4. The Hall–Kier alpha value is -2.08. The van der Waals surface area contributed by atoms with Gasteiger partial charge in [0.05, 0.1) is 11.9 Å². The van der Waals surface area contributed by atoms with Crippen LogP contribution in [0.1, 0.15) is 43.2 Å². The van der Waals surface area contributed by atoms with Crippen LogP contribution in [-0.4, -0.2) is 52.9 Å². The maximum Gasteiger partial charge on any atom is 0.417 e. The highest BCUT2D eigenvalue weighted by molar-refractivity contribution is 5.85. The molecule has 1 aromatic carbocycles. The molecule has 6 heteroatoms. The fourth-order valence-corrected chi connectivity index (χ4v) is 4.48. The number of hydrogen-bond donors (Lipinski definition) is 1. The van der Waals surface area contributed by atoms with Gasteiger partial charge in [-0.3, -0.25) is 9.78 Å². The Morgan fingerprint density at radius 1 is 1.19 bits per heavy atom. The van der Waals surface area contributed by atoms with Gasteiger partial charge in [0.15, 0.2) is 5.58 Å². The zero-order valence-electron chi connectivity index (χ0n) is 16.0. The van der Waals surface area contributed by atoms with Crippen molar-refractivity contribution in [3.63, 3.8) is 0 Å². The van der Waals surface area contributed by atoms with Crippen LogP contribution < -0.4 is 5.76 Å². The second-order valence-corrected chi connectivity index (χ2v) is 7.86. The van der Waals surface area contributed by atoms with E-state index in [9.17, 15) is 9.59 Å². The van der Waals surface area contributed by atoms with E-state index in [2.05, 4.69) is 9.88 Å². The van der Waals surface area contributed by atoms with Gasteiger partial charge in [0.25, 0.3) is 0 Å². The van der Waals surface area contributed by atoms with Crippen LogP contribution in [0.25, 0.3) is 11.1 Å². The van der Waals surface area contributed by atoms with Gasteiger partial charge in [-0.05, 0) is 69.3 Å². The minimum atomic E-state index is -0.443. The van der Waals surface area contributed by atoms with Gasteiger partial charge in [-0.15, -0.1) is 0 Å². The third-order valence-corrected chi connectivity index (χ3v) is 5.98. The summed E-state index contributed by atoms with van der Waals surface area (Å²) in [6.07, 6.45) is 8.47. The molecule has 0 atom stereocenters. The number of aryl methyl sites for hydroxylation is 1. The van der Waals surface area contributed by atoms with Crippen LogP contribution in [0.15, 0.2) is 21.3 Å². The quantitative estimate of drug-likeness (QED) is 0.898. The molecule has 1 aromatic heterocycles. The zero-order valence-corrected chi connectivity index (χ0v) is 16.0. The Morgan fingerprint density at radius 2 is 1.93 bits per heavy atom. The van der Waals surface area contributed by atoms with E-state index in [1.165, 1.54) is 32.4 Å². The number of nitrogens with zero attached hydrogens (tertiary/aromatic N) is 2. The summed E-state index contributed by atoms with van der Waals surface area (Å²) in [4.78, 5) is 31.2. The molecular weight excluding hydrogens is 342 g/mol. The third-order valence-electron chi connectivity index (χ3n) is 5.98. The van der Waals surface area contributed by atoms with Gasteiger partial charge >= 0.3 is 5.76 Å². The lowest BCUT2D eigenvalue weighted by molar-refractivity contribution is -0.129. The number of fused-ring (bicyclic) bond motifs is 1. The summed E-state index contributed by atoms with van der Waals surface area (Å²) in [7, 11) is 0. The second-order valence-electron chi connectivity index (χ2n) is 7.86. The Labute approximate surface area is 159 Å². The molecule has 2 fully saturated rings. The van der Waals surface area contributed by atoms with Gasteiger partial charge in [-0.25, -0.2) is 4.79 Å². The van der Waals surface area contributed by atoms with Crippen molar-refractivity contribution in [1.82, 2.24) is 14.8 Å². The van der Waals surface area contributed by atoms with Crippen molar-refractivity contribution in [3.05, 3.63) is 40.2 Å². The van der Waals surface area contributed by atoms with E-state index in [0.29, 0.717) is 18.0 Å². The number of oxazole rings is 1. The lowest BCUT2D eigenvalue weighted by Gasteiger charge is -2.40. The Balaban J connectivity index is 1.30. The first-order valence-corrected chi connectivity index (χ1v) is 10.1. The highest BCUT2D eigenvalue weighted by atomic mass is 16.4. The molecule has 0 spiro atoms. The Bertz CT molecular complexity index is 855. The van der Waals surface area contributed by atoms with Crippen molar-refractivity contribution in [2.24, 2.45) is 0 Å². The average Bonchev–Trinajstić information content (AvgIpc) is 3.08. The predicted molar refractivity (Wildman–Crippen MR) is 105 cm³/mol. The molecule has 1 radical (unpaired) electrons. The Morgan fingerprint density at radius 3 is 2.67 bits per heavy atom. The summed E-state index contributed by atoms with van der Waals surface area (Å²) >= 11 is 0. The predicted octanol–water partition coefficient (Wildman–Crippen LogP) is 2.65. The van der Waals surface area contributed by atoms with Crippen LogP contribution >= 0.6 is 0 Å². The Kier molecular flexibility index (Phi) is 5.34. The summed E-state index contributed by atoms with van der Waals surface area (Å²) in [5.74, 6) is -0.331. The van der Waals surface area contributed by atoms with Gasteiger partial charge in [0.1, 0.15) is 0 Å². The molecule has 1 amide bonds. The molecule has 2 aliphatic rings. The number of H-pyrrole nitrogens is 1. The highest BCUT2D eigenvalue weighted by Gasteiger charge is 2.27. The lowest BCUT2D eigenvalue weighted by atomic mass is 9.99. The van der Waals surface area contributed by atoms with Crippen molar-refractivity contribution in [3.8, 4) is 0 Å². The molecule has 1 N–H and O–H groups in total. The molecule has 145 valence electrons. The molecular formula is C21H28N3O3. The molecule has 6 nitrogen and oxygen atoms in total. The maximum atomic E-state index is 12.6. The van der Waals surface area contributed by atoms with Gasteiger partial charge in [-0.2, -0.15) is 0 Å². The number of carbonyl (C=O) groups is 1. The normalized spacial score (nSPS) is 19.7. The summed E-state index contributed by atoms with van der Waals surface area (Å²) in [5, 5.41) is 0. The van der Waals surface area contributed by atoms with Crippen molar-refractivity contribution >= 4 is 17.0 Å². The molecule has 2 aromatic rings. The monoisotopic (exact) mass is 370 g/mol. The number of nitrogens with one attached hydrogen (secondary N) is 1. The number of piperidine rings is 2. The van der Waals surface area contributed by atoms with E-state index in [4.69, 9.17) is 4.42 Å². The molecule has 0 bridgehead atoms. The van der Waals surface area contributed by atoms with E-state index in [-0.39, 0.29) is 5.91 Å². The maximum absolute atomic E-state index is 12.6. The number of carbonyl (C=O) groups excluding carboxylic acids is 1. The number of amides is 1. The minimum absolute atomic E-state index is 0.111. The average molecular weight is 370 g/mol. The third kappa shape index (κ3) is 4.10. The van der Waals surface area contributed by atoms with Crippen LogP contribution in [0.2, 0.25) is 0 Å². The SMILES string of the molecule is Cc1cc(C[CH]C(=O)N2CCC(N3CCCCC3)CC2)cc2oc(=O)[nH]c12. The first kappa shape index (κ1) is 18.3.